The van der Waals surface area contributed by atoms with Gasteiger partial charge in [-0.05, 0) is 12.1 Å². The molecule has 1 N–H and O–H groups in total. The summed E-state index contributed by atoms with van der Waals surface area (Å²) >= 11 is 0. The van der Waals surface area contributed by atoms with E-state index in [2.05, 4.69) is 4.98 Å². The van der Waals surface area contributed by atoms with Crippen LogP contribution in [0.3, 0.4) is 0 Å². The van der Waals surface area contributed by atoms with E-state index in [9.17, 15) is 0 Å². The lowest BCUT2D eigenvalue weighted by molar-refractivity contribution is 0.295. The fraction of sp³-hybridized carbons (Fsp3) is 0.417. The van der Waals surface area contributed by atoms with Crippen molar-refractivity contribution in [2.45, 2.75) is 6.42 Å². The van der Waals surface area contributed by atoms with Crippen LogP contribution in [0, 0.1) is 0 Å². The van der Waals surface area contributed by atoms with Crippen LogP contribution in [0.2, 0.25) is 0 Å². The van der Waals surface area contributed by atoms with Crippen LogP contribution < -0.4 is 9.47 Å². The van der Waals surface area contributed by atoms with Gasteiger partial charge in [0.15, 0.2) is 0 Å². The smallest absolute Gasteiger partial charge is 0.146 e. The Balaban J connectivity index is 2.73. The molecule has 0 aliphatic rings. The van der Waals surface area contributed by atoms with Crippen molar-refractivity contribution >= 4 is 11.0 Å². The minimum Gasteiger partial charge on any atom is -0.494 e. The minimum absolute atomic E-state index is 0.0712. The second-order valence-electron chi connectivity index (χ2n) is 3.73. The van der Waals surface area contributed by atoms with E-state index in [0.717, 1.165) is 22.6 Å². The topological polar surface area (TPSA) is 56.5 Å². The largest absolute Gasteiger partial charge is 0.494 e. The number of fused-ring (bicyclic) bond motifs is 1. The van der Waals surface area contributed by atoms with Gasteiger partial charge in [-0.1, -0.05) is 0 Å². The van der Waals surface area contributed by atoms with E-state index in [1.165, 1.54) is 0 Å². The van der Waals surface area contributed by atoms with Crippen molar-refractivity contribution in [3.05, 3.63) is 18.0 Å². The first-order chi connectivity index (χ1) is 8.22. The van der Waals surface area contributed by atoms with Gasteiger partial charge >= 0.3 is 0 Å². The Bertz CT molecular complexity index is 534. The average Bonchev–Trinajstić information content (AvgIpc) is 2.67. The van der Waals surface area contributed by atoms with Crippen molar-refractivity contribution in [2.75, 3.05) is 20.8 Å². The highest BCUT2D eigenvalue weighted by Crippen LogP contribution is 2.32. The predicted molar refractivity (Wildman–Crippen MR) is 64.6 cm³/mol. The molecule has 2 rings (SSSR count). The number of imidazole rings is 1. The molecule has 5 nitrogen and oxygen atoms in total. The summed E-state index contributed by atoms with van der Waals surface area (Å²) in [5, 5.41) is 9.01. The lowest BCUT2D eigenvalue weighted by Gasteiger charge is -2.07. The molecule has 1 aromatic carbocycles. The summed E-state index contributed by atoms with van der Waals surface area (Å²) in [6.45, 7) is 0.0712. The van der Waals surface area contributed by atoms with Crippen LogP contribution in [0.25, 0.3) is 11.0 Å². The van der Waals surface area contributed by atoms with Crippen LogP contribution in [-0.2, 0) is 13.5 Å². The standard InChI is InChI=1S/C12H16N2O3/c1-14-10(6-7-15)13-11-8(16-2)4-5-9(17-3)12(11)14/h4-5,15H,6-7H2,1-3H3/i7+1. The lowest BCUT2D eigenvalue weighted by atomic mass is 10.2. The molecule has 0 unspecified atom stereocenters. The molecule has 0 aliphatic heterocycles. The zero-order chi connectivity index (χ0) is 12.4. The molecule has 0 saturated carbocycles. The molecule has 0 fully saturated rings. The lowest BCUT2D eigenvalue weighted by Crippen LogP contribution is -2.01. The number of aryl methyl sites for hydroxylation is 1. The quantitative estimate of drug-likeness (QED) is 0.810. The van der Waals surface area contributed by atoms with Gasteiger partial charge in [0.1, 0.15) is 28.4 Å². The first kappa shape index (κ1) is 11.7. The van der Waals surface area contributed by atoms with Crippen molar-refractivity contribution in [2.24, 2.45) is 7.05 Å². The fourth-order valence-electron chi connectivity index (χ4n) is 1.96. The number of methoxy groups -OCH3 is 2. The van der Waals surface area contributed by atoms with Crippen LogP contribution in [0.1, 0.15) is 5.82 Å². The molecule has 2 aromatic rings. The zero-order valence-corrected chi connectivity index (χ0v) is 10.2. The van der Waals surface area contributed by atoms with Crippen LogP contribution in [0.4, 0.5) is 0 Å². The third kappa shape index (κ3) is 1.82. The van der Waals surface area contributed by atoms with E-state index in [1.54, 1.807) is 14.2 Å². The SMILES string of the molecule is COc1ccc(OC)c2c1nc(C[13CH2]O)n2C. The number of hydrogen-bond donors (Lipinski definition) is 1. The number of aromatic nitrogens is 2. The Labute approximate surface area is 99.6 Å². The van der Waals surface area contributed by atoms with Gasteiger partial charge in [0.25, 0.3) is 0 Å². The van der Waals surface area contributed by atoms with Gasteiger partial charge in [0.05, 0.1) is 20.8 Å². The summed E-state index contributed by atoms with van der Waals surface area (Å²) in [6.07, 6.45) is 0.511. The Kier molecular flexibility index (Phi) is 3.19. The molecule has 1 heterocycles. The number of ether oxygens (including phenoxy) is 2. The summed E-state index contributed by atoms with van der Waals surface area (Å²) in [7, 11) is 5.14. The molecule has 0 amide bonds. The van der Waals surface area contributed by atoms with Gasteiger partial charge < -0.3 is 19.1 Å². The van der Waals surface area contributed by atoms with Crippen molar-refractivity contribution < 1.29 is 14.6 Å². The van der Waals surface area contributed by atoms with Gasteiger partial charge in [-0.3, -0.25) is 0 Å². The maximum absolute atomic E-state index is 9.01. The number of benzene rings is 1. The second-order valence-corrected chi connectivity index (χ2v) is 3.73. The first-order valence-corrected chi connectivity index (χ1v) is 5.40. The summed E-state index contributed by atoms with van der Waals surface area (Å²) in [5.74, 6) is 2.27. The highest BCUT2D eigenvalue weighted by atomic mass is 16.5. The number of aliphatic hydroxyl groups excluding tert-OH is 1. The Hall–Kier alpha value is -1.75. The molecule has 1 aromatic heterocycles. The molecular weight excluding hydrogens is 221 g/mol. The summed E-state index contributed by atoms with van der Waals surface area (Å²) in [6, 6.07) is 3.68. The van der Waals surface area contributed by atoms with Crippen molar-refractivity contribution in [1.82, 2.24) is 9.55 Å². The summed E-state index contributed by atoms with van der Waals surface area (Å²) < 4.78 is 12.5. The third-order valence-electron chi connectivity index (χ3n) is 2.82. The van der Waals surface area contributed by atoms with Gasteiger partial charge in [0.2, 0.25) is 0 Å². The number of nitrogens with zero attached hydrogens (tertiary/aromatic N) is 2. The summed E-state index contributed by atoms with van der Waals surface area (Å²) in [5.41, 5.74) is 1.65. The summed E-state index contributed by atoms with van der Waals surface area (Å²) in [4.78, 5) is 4.48. The molecule has 0 spiro atoms. The Morgan fingerprint density at radius 2 is 1.88 bits per heavy atom. The molecule has 17 heavy (non-hydrogen) atoms. The molecule has 0 saturated heterocycles. The fourth-order valence-corrected chi connectivity index (χ4v) is 1.96. The Morgan fingerprint density at radius 3 is 2.47 bits per heavy atom. The van der Waals surface area contributed by atoms with E-state index in [-0.39, 0.29) is 6.61 Å². The maximum atomic E-state index is 9.01. The number of rotatable bonds is 4. The molecule has 0 radical (unpaired) electrons. The first-order valence-electron chi connectivity index (χ1n) is 5.40. The van der Waals surface area contributed by atoms with Crippen LogP contribution in [0.5, 0.6) is 11.5 Å². The second kappa shape index (κ2) is 4.63. The van der Waals surface area contributed by atoms with Gasteiger partial charge in [-0.25, -0.2) is 4.98 Å². The van der Waals surface area contributed by atoms with E-state index >= 15 is 0 Å². The van der Waals surface area contributed by atoms with Gasteiger partial charge in [0, 0.05) is 13.5 Å². The number of aliphatic hydroxyl groups is 1. The van der Waals surface area contributed by atoms with Crippen LogP contribution in [0.15, 0.2) is 12.1 Å². The van der Waals surface area contributed by atoms with Crippen LogP contribution >= 0.6 is 0 Å². The normalized spacial score (nSPS) is 10.8. The van der Waals surface area contributed by atoms with Gasteiger partial charge in [-0.2, -0.15) is 0 Å². The van der Waals surface area contributed by atoms with Crippen molar-refractivity contribution in [1.29, 1.82) is 0 Å². The van der Waals surface area contributed by atoms with Crippen molar-refractivity contribution in [3.8, 4) is 11.5 Å². The molecule has 92 valence electrons. The average molecular weight is 237 g/mol. The van der Waals surface area contributed by atoms with Crippen molar-refractivity contribution in [3.63, 3.8) is 0 Å². The zero-order valence-electron chi connectivity index (χ0n) is 10.2. The molecule has 0 atom stereocenters. The molecule has 0 aliphatic carbocycles. The Morgan fingerprint density at radius 1 is 1.24 bits per heavy atom. The van der Waals surface area contributed by atoms with Crippen LogP contribution in [-0.4, -0.2) is 35.5 Å². The molecular formula is C12H16N2O3. The highest BCUT2D eigenvalue weighted by molar-refractivity contribution is 5.88. The monoisotopic (exact) mass is 237 g/mol. The number of hydrogen-bond acceptors (Lipinski definition) is 4. The van der Waals surface area contributed by atoms with Gasteiger partial charge in [-0.15, -0.1) is 0 Å². The third-order valence-corrected chi connectivity index (χ3v) is 2.82. The van der Waals surface area contributed by atoms with E-state index < -0.39 is 0 Å². The maximum Gasteiger partial charge on any atom is 0.146 e. The van der Waals surface area contributed by atoms with E-state index in [0.29, 0.717) is 12.2 Å². The van der Waals surface area contributed by atoms with E-state index in [1.807, 2.05) is 23.7 Å². The molecule has 0 bridgehead atoms. The minimum atomic E-state index is 0.0712. The molecule has 5 heteroatoms. The predicted octanol–water partition coefficient (Wildman–Crippen LogP) is 1.13. The highest BCUT2D eigenvalue weighted by Gasteiger charge is 2.15. The van der Waals surface area contributed by atoms with E-state index in [4.69, 9.17) is 14.6 Å².